The minimum atomic E-state index is -0.492. The zero-order valence-corrected chi connectivity index (χ0v) is 12.8. The molecule has 1 heterocycles. The quantitative estimate of drug-likeness (QED) is 0.646. The SMILES string of the molecule is COC(=O)c1ccccc1N1Cc2ccc(C(C)=O)cc2C1=O. The average Bonchev–Trinajstić information content (AvgIpc) is 2.90. The van der Waals surface area contributed by atoms with Gasteiger partial charge >= 0.3 is 5.97 Å². The Morgan fingerprint density at radius 1 is 1.13 bits per heavy atom. The van der Waals surface area contributed by atoms with Crippen LogP contribution in [0, 0.1) is 0 Å². The van der Waals surface area contributed by atoms with E-state index in [4.69, 9.17) is 4.74 Å². The van der Waals surface area contributed by atoms with Crippen LogP contribution in [0.1, 0.15) is 43.6 Å². The summed E-state index contributed by atoms with van der Waals surface area (Å²) < 4.78 is 4.78. The Labute approximate surface area is 133 Å². The van der Waals surface area contributed by atoms with Gasteiger partial charge in [-0.25, -0.2) is 4.79 Å². The first-order valence-electron chi connectivity index (χ1n) is 7.16. The molecule has 2 aromatic rings. The van der Waals surface area contributed by atoms with E-state index in [0.29, 0.717) is 28.9 Å². The van der Waals surface area contributed by atoms with Gasteiger partial charge in [-0.05, 0) is 30.7 Å². The van der Waals surface area contributed by atoms with Crippen LogP contribution in [0.25, 0.3) is 0 Å². The summed E-state index contributed by atoms with van der Waals surface area (Å²) in [7, 11) is 1.30. The molecule has 0 radical (unpaired) electrons. The molecule has 23 heavy (non-hydrogen) atoms. The Kier molecular flexibility index (Phi) is 3.70. The molecule has 0 aliphatic carbocycles. The van der Waals surface area contributed by atoms with Gasteiger partial charge in [0.15, 0.2) is 5.78 Å². The van der Waals surface area contributed by atoms with Gasteiger partial charge in [0.05, 0.1) is 24.9 Å². The van der Waals surface area contributed by atoms with E-state index >= 15 is 0 Å². The molecule has 1 aliphatic heterocycles. The molecule has 0 aromatic heterocycles. The Bertz CT molecular complexity index is 826. The van der Waals surface area contributed by atoms with E-state index in [9.17, 15) is 14.4 Å². The number of anilines is 1. The summed E-state index contributed by atoms with van der Waals surface area (Å²) in [5.41, 5.74) is 2.67. The monoisotopic (exact) mass is 309 g/mol. The van der Waals surface area contributed by atoms with E-state index in [1.54, 1.807) is 42.5 Å². The fourth-order valence-electron chi connectivity index (χ4n) is 2.71. The molecule has 1 amide bonds. The number of carbonyl (C=O) groups is 3. The van der Waals surface area contributed by atoms with Gasteiger partial charge in [0.25, 0.3) is 5.91 Å². The number of hydrogen-bond acceptors (Lipinski definition) is 4. The van der Waals surface area contributed by atoms with Crippen molar-refractivity contribution >= 4 is 23.3 Å². The van der Waals surface area contributed by atoms with Crippen LogP contribution >= 0.6 is 0 Å². The highest BCUT2D eigenvalue weighted by atomic mass is 16.5. The molecule has 116 valence electrons. The van der Waals surface area contributed by atoms with E-state index in [0.717, 1.165) is 5.56 Å². The van der Waals surface area contributed by atoms with Crippen LogP contribution < -0.4 is 4.90 Å². The Balaban J connectivity index is 2.03. The van der Waals surface area contributed by atoms with Crippen molar-refractivity contribution in [3.05, 3.63) is 64.7 Å². The lowest BCUT2D eigenvalue weighted by Gasteiger charge is -2.18. The third-order valence-corrected chi connectivity index (χ3v) is 3.92. The fraction of sp³-hybridized carbons (Fsp3) is 0.167. The minimum Gasteiger partial charge on any atom is -0.465 e. The first kappa shape index (κ1) is 15.0. The van der Waals surface area contributed by atoms with E-state index in [-0.39, 0.29) is 11.7 Å². The number of ketones is 1. The van der Waals surface area contributed by atoms with Crippen LogP contribution in [-0.4, -0.2) is 24.8 Å². The lowest BCUT2D eigenvalue weighted by Crippen LogP contribution is -2.25. The van der Waals surface area contributed by atoms with Crippen LogP contribution in [-0.2, 0) is 11.3 Å². The second-order valence-electron chi connectivity index (χ2n) is 5.33. The molecule has 1 aliphatic rings. The number of hydrogen-bond donors (Lipinski definition) is 0. The Morgan fingerprint density at radius 3 is 2.57 bits per heavy atom. The molecule has 5 heteroatoms. The number of fused-ring (bicyclic) bond motifs is 1. The van der Waals surface area contributed by atoms with Crippen LogP contribution in [0.5, 0.6) is 0 Å². The zero-order valence-electron chi connectivity index (χ0n) is 12.8. The van der Waals surface area contributed by atoms with Gasteiger partial charge in [-0.1, -0.05) is 24.3 Å². The minimum absolute atomic E-state index is 0.0889. The first-order valence-corrected chi connectivity index (χ1v) is 7.16. The maximum atomic E-state index is 12.7. The summed E-state index contributed by atoms with van der Waals surface area (Å²) in [5, 5.41) is 0. The molecule has 3 rings (SSSR count). The number of esters is 1. The molecule has 5 nitrogen and oxygen atoms in total. The summed E-state index contributed by atoms with van der Waals surface area (Å²) in [6, 6.07) is 11.9. The number of nitrogens with zero attached hydrogens (tertiary/aromatic N) is 1. The second-order valence-corrected chi connectivity index (χ2v) is 5.33. The smallest absolute Gasteiger partial charge is 0.339 e. The number of amides is 1. The summed E-state index contributed by atoms with van der Waals surface area (Å²) in [6.45, 7) is 1.83. The van der Waals surface area contributed by atoms with E-state index in [1.807, 2.05) is 0 Å². The standard InChI is InChI=1S/C18H15NO4/c1-11(20)12-7-8-13-10-19(17(21)15(13)9-12)16-6-4-3-5-14(16)18(22)23-2/h3-9H,10H2,1-2H3. The van der Waals surface area contributed by atoms with Gasteiger partial charge < -0.3 is 9.64 Å². The molecular formula is C18H15NO4. The van der Waals surface area contributed by atoms with Crippen molar-refractivity contribution in [3.8, 4) is 0 Å². The summed E-state index contributed by atoms with van der Waals surface area (Å²) in [4.78, 5) is 37.6. The molecule has 0 bridgehead atoms. The molecule has 2 aromatic carbocycles. The zero-order chi connectivity index (χ0) is 16.6. The van der Waals surface area contributed by atoms with Crippen molar-refractivity contribution in [1.29, 1.82) is 0 Å². The highest BCUT2D eigenvalue weighted by Crippen LogP contribution is 2.31. The lowest BCUT2D eigenvalue weighted by atomic mass is 10.0. The van der Waals surface area contributed by atoms with Crippen molar-refractivity contribution in [3.63, 3.8) is 0 Å². The number of para-hydroxylation sites is 1. The Morgan fingerprint density at radius 2 is 1.87 bits per heavy atom. The molecule has 0 N–H and O–H groups in total. The molecule has 0 atom stereocenters. The van der Waals surface area contributed by atoms with Crippen LogP contribution in [0.2, 0.25) is 0 Å². The van der Waals surface area contributed by atoms with Crippen LogP contribution in [0.15, 0.2) is 42.5 Å². The summed E-state index contributed by atoms with van der Waals surface area (Å²) in [5.74, 6) is -0.803. The van der Waals surface area contributed by atoms with E-state index in [1.165, 1.54) is 18.9 Å². The van der Waals surface area contributed by atoms with Gasteiger partial charge in [0.2, 0.25) is 0 Å². The van der Waals surface area contributed by atoms with Crippen LogP contribution in [0.4, 0.5) is 5.69 Å². The van der Waals surface area contributed by atoms with Gasteiger partial charge in [-0.2, -0.15) is 0 Å². The average molecular weight is 309 g/mol. The summed E-state index contributed by atoms with van der Waals surface area (Å²) in [6.07, 6.45) is 0. The number of Topliss-reactive ketones (excluding diaryl/α,β-unsaturated/α-hetero) is 1. The maximum Gasteiger partial charge on any atom is 0.339 e. The van der Waals surface area contributed by atoms with Crippen LogP contribution in [0.3, 0.4) is 0 Å². The third kappa shape index (κ3) is 2.50. The maximum absolute atomic E-state index is 12.7. The van der Waals surface area contributed by atoms with Gasteiger partial charge in [0, 0.05) is 11.1 Å². The van der Waals surface area contributed by atoms with Crippen molar-refractivity contribution in [2.24, 2.45) is 0 Å². The van der Waals surface area contributed by atoms with Crippen molar-refractivity contribution in [2.45, 2.75) is 13.5 Å². The normalized spacial score (nSPS) is 13.0. The van der Waals surface area contributed by atoms with Crippen molar-refractivity contribution < 1.29 is 19.1 Å². The number of rotatable bonds is 3. The molecule has 0 spiro atoms. The Hall–Kier alpha value is -2.95. The number of carbonyl (C=O) groups excluding carboxylic acids is 3. The number of methoxy groups -OCH3 is 1. The van der Waals surface area contributed by atoms with E-state index in [2.05, 4.69) is 0 Å². The fourth-order valence-corrected chi connectivity index (χ4v) is 2.71. The van der Waals surface area contributed by atoms with Crippen molar-refractivity contribution in [1.82, 2.24) is 0 Å². The number of ether oxygens (including phenoxy) is 1. The second kappa shape index (κ2) is 5.68. The van der Waals surface area contributed by atoms with E-state index < -0.39 is 5.97 Å². The molecule has 0 fully saturated rings. The third-order valence-electron chi connectivity index (χ3n) is 3.92. The number of benzene rings is 2. The molecule has 0 saturated carbocycles. The summed E-state index contributed by atoms with van der Waals surface area (Å²) >= 11 is 0. The van der Waals surface area contributed by atoms with Gasteiger partial charge in [-0.3, -0.25) is 9.59 Å². The molecule has 0 unspecified atom stereocenters. The molecular weight excluding hydrogens is 294 g/mol. The first-order chi connectivity index (χ1) is 11.0. The predicted molar refractivity (Wildman–Crippen MR) is 84.7 cm³/mol. The van der Waals surface area contributed by atoms with Crippen molar-refractivity contribution in [2.75, 3.05) is 12.0 Å². The van der Waals surface area contributed by atoms with Gasteiger partial charge in [-0.15, -0.1) is 0 Å². The molecule has 0 saturated heterocycles. The lowest BCUT2D eigenvalue weighted by molar-refractivity contribution is 0.0601. The largest absolute Gasteiger partial charge is 0.465 e. The van der Waals surface area contributed by atoms with Gasteiger partial charge in [0.1, 0.15) is 0 Å². The topological polar surface area (TPSA) is 63.7 Å². The predicted octanol–water partition coefficient (Wildman–Crippen LogP) is 2.84. The highest BCUT2D eigenvalue weighted by Gasteiger charge is 2.31. The highest BCUT2D eigenvalue weighted by molar-refractivity contribution is 6.13.